The molecule has 2 rings (SSSR count). The van der Waals surface area contributed by atoms with Crippen LogP contribution in [-0.2, 0) is 9.59 Å². The number of nitrogens with zero attached hydrogens (tertiary/aromatic N) is 1. The summed E-state index contributed by atoms with van der Waals surface area (Å²) in [6.45, 7) is 0. The summed E-state index contributed by atoms with van der Waals surface area (Å²) < 4.78 is 0. The highest BCUT2D eigenvalue weighted by Gasteiger charge is 2.33. The number of carbonyl (C=O) groups excluding carboxylic acids is 1. The normalized spacial score (nSPS) is 15.6. The summed E-state index contributed by atoms with van der Waals surface area (Å²) in [6, 6.07) is 6.51. The van der Waals surface area contributed by atoms with Crippen LogP contribution in [0.4, 0.5) is 5.69 Å². The maximum atomic E-state index is 11.7. The molecular weight excluding hydrogens is 244 g/mol. The highest BCUT2D eigenvalue weighted by molar-refractivity contribution is 6.31. The van der Waals surface area contributed by atoms with Gasteiger partial charge in [0.1, 0.15) is 5.82 Å². The molecule has 0 saturated heterocycles. The fourth-order valence-corrected chi connectivity index (χ4v) is 1.86. The molecule has 5 nitrogen and oxygen atoms in total. The Labute approximate surface area is 102 Å². The van der Waals surface area contributed by atoms with E-state index >= 15 is 0 Å². The molecule has 17 heavy (non-hydrogen) atoms. The molecule has 1 aromatic carbocycles. The summed E-state index contributed by atoms with van der Waals surface area (Å²) in [6.07, 6.45) is -0.201. The number of halogens is 1. The Kier molecular flexibility index (Phi) is 2.77. The van der Waals surface area contributed by atoms with Gasteiger partial charge in [0.2, 0.25) is 5.91 Å². The van der Waals surface area contributed by atoms with Crippen molar-refractivity contribution >= 4 is 29.2 Å². The number of benzene rings is 1. The van der Waals surface area contributed by atoms with E-state index in [0.717, 1.165) is 4.90 Å². The number of anilines is 1. The van der Waals surface area contributed by atoms with Gasteiger partial charge in [0.25, 0.3) is 0 Å². The summed E-state index contributed by atoms with van der Waals surface area (Å²) >= 11 is 5.81. The number of carboxylic acid groups (broad SMARTS) is 1. The molecule has 0 radical (unpaired) electrons. The van der Waals surface area contributed by atoms with Gasteiger partial charge in [-0.25, -0.2) is 4.79 Å². The molecule has 0 saturated carbocycles. The molecule has 1 amide bonds. The smallest absolute Gasteiger partial charge is 0.335 e. The zero-order valence-corrected chi connectivity index (χ0v) is 9.44. The zero-order valence-electron chi connectivity index (χ0n) is 8.68. The van der Waals surface area contributed by atoms with Crippen molar-refractivity contribution in [2.75, 3.05) is 4.90 Å². The first-order valence-electron chi connectivity index (χ1n) is 4.81. The largest absolute Gasteiger partial charge is 0.478 e. The van der Waals surface area contributed by atoms with Crippen LogP contribution in [-0.4, -0.2) is 17.0 Å². The van der Waals surface area contributed by atoms with Gasteiger partial charge >= 0.3 is 5.97 Å². The fraction of sp³-hybridized carbons (Fsp3) is 0.0909. The average molecular weight is 253 g/mol. The molecule has 1 aliphatic heterocycles. The molecule has 0 bridgehead atoms. The van der Waals surface area contributed by atoms with Crippen molar-refractivity contribution in [3.05, 3.63) is 40.7 Å². The van der Waals surface area contributed by atoms with E-state index in [1.165, 1.54) is 0 Å². The SMILES string of the molecule is NC1=C(C(=O)O)CC(=O)N1c1cccc(Cl)c1. The highest BCUT2D eigenvalue weighted by Crippen LogP contribution is 2.29. The van der Waals surface area contributed by atoms with Gasteiger partial charge in [0, 0.05) is 5.02 Å². The first-order valence-corrected chi connectivity index (χ1v) is 5.19. The molecule has 1 aromatic rings. The van der Waals surface area contributed by atoms with Crippen LogP contribution in [0.15, 0.2) is 35.7 Å². The average Bonchev–Trinajstić information content (AvgIpc) is 2.54. The summed E-state index contributed by atoms with van der Waals surface area (Å²) in [4.78, 5) is 23.7. The number of amides is 1. The van der Waals surface area contributed by atoms with E-state index in [4.69, 9.17) is 22.4 Å². The van der Waals surface area contributed by atoms with Crippen LogP contribution in [0.1, 0.15) is 6.42 Å². The van der Waals surface area contributed by atoms with Crippen molar-refractivity contribution in [2.24, 2.45) is 5.73 Å². The van der Waals surface area contributed by atoms with Gasteiger partial charge in [-0.2, -0.15) is 0 Å². The lowest BCUT2D eigenvalue weighted by Crippen LogP contribution is -2.28. The number of rotatable bonds is 2. The second-order valence-electron chi connectivity index (χ2n) is 3.55. The van der Waals surface area contributed by atoms with Gasteiger partial charge in [-0.15, -0.1) is 0 Å². The predicted molar refractivity (Wildman–Crippen MR) is 62.4 cm³/mol. The summed E-state index contributed by atoms with van der Waals surface area (Å²) in [5.74, 6) is -1.60. The van der Waals surface area contributed by atoms with Crippen molar-refractivity contribution in [2.45, 2.75) is 6.42 Å². The third-order valence-electron chi connectivity index (χ3n) is 2.45. The minimum Gasteiger partial charge on any atom is -0.478 e. The maximum absolute atomic E-state index is 11.7. The van der Waals surface area contributed by atoms with Crippen LogP contribution in [0.25, 0.3) is 0 Å². The van der Waals surface area contributed by atoms with Gasteiger partial charge in [0.05, 0.1) is 17.7 Å². The Bertz CT molecular complexity index is 539. The van der Waals surface area contributed by atoms with Gasteiger partial charge < -0.3 is 10.8 Å². The molecule has 0 spiro atoms. The van der Waals surface area contributed by atoms with Gasteiger partial charge in [0.15, 0.2) is 0 Å². The third-order valence-corrected chi connectivity index (χ3v) is 2.69. The number of aliphatic carboxylic acids is 1. The van der Waals surface area contributed by atoms with Crippen LogP contribution >= 0.6 is 11.6 Å². The van der Waals surface area contributed by atoms with E-state index in [1.54, 1.807) is 24.3 Å². The second-order valence-corrected chi connectivity index (χ2v) is 3.99. The first kappa shape index (κ1) is 11.5. The van der Waals surface area contributed by atoms with Gasteiger partial charge in [-0.3, -0.25) is 9.69 Å². The lowest BCUT2D eigenvalue weighted by molar-refractivity contribution is -0.133. The Hall–Kier alpha value is -2.01. The molecule has 0 atom stereocenters. The zero-order chi connectivity index (χ0) is 12.6. The number of carboxylic acids is 1. The topological polar surface area (TPSA) is 83.6 Å². The van der Waals surface area contributed by atoms with Crippen molar-refractivity contribution < 1.29 is 14.7 Å². The Morgan fingerprint density at radius 2 is 2.18 bits per heavy atom. The van der Waals surface area contributed by atoms with Crippen LogP contribution < -0.4 is 10.6 Å². The maximum Gasteiger partial charge on any atom is 0.335 e. The lowest BCUT2D eigenvalue weighted by atomic mass is 10.2. The monoisotopic (exact) mass is 252 g/mol. The molecule has 88 valence electrons. The quantitative estimate of drug-likeness (QED) is 0.832. The van der Waals surface area contributed by atoms with Crippen LogP contribution in [0, 0.1) is 0 Å². The number of hydrogen-bond acceptors (Lipinski definition) is 3. The number of nitrogens with two attached hydrogens (primary N) is 1. The molecular formula is C11H9ClN2O3. The van der Waals surface area contributed by atoms with Crippen molar-refractivity contribution in [3.63, 3.8) is 0 Å². The van der Waals surface area contributed by atoms with E-state index < -0.39 is 5.97 Å². The molecule has 0 fully saturated rings. The second kappa shape index (κ2) is 4.10. The summed E-state index contributed by atoms with van der Waals surface area (Å²) in [5, 5.41) is 9.33. The first-order chi connectivity index (χ1) is 8.00. The molecule has 0 aromatic heterocycles. The summed E-state index contributed by atoms with van der Waals surface area (Å²) in [7, 11) is 0. The van der Waals surface area contributed by atoms with E-state index in [2.05, 4.69) is 0 Å². The van der Waals surface area contributed by atoms with E-state index in [-0.39, 0.29) is 23.7 Å². The molecule has 0 unspecified atom stereocenters. The summed E-state index contributed by atoms with van der Waals surface area (Å²) in [5.41, 5.74) is 6.04. The van der Waals surface area contributed by atoms with E-state index in [0.29, 0.717) is 10.7 Å². The third kappa shape index (κ3) is 1.97. The van der Waals surface area contributed by atoms with Gasteiger partial charge in [-0.1, -0.05) is 17.7 Å². The van der Waals surface area contributed by atoms with Crippen LogP contribution in [0.5, 0.6) is 0 Å². The molecule has 6 heteroatoms. The Morgan fingerprint density at radius 1 is 1.47 bits per heavy atom. The van der Waals surface area contributed by atoms with Gasteiger partial charge in [-0.05, 0) is 18.2 Å². The Morgan fingerprint density at radius 3 is 2.71 bits per heavy atom. The van der Waals surface area contributed by atoms with E-state index in [9.17, 15) is 9.59 Å². The van der Waals surface area contributed by atoms with Crippen LogP contribution in [0.2, 0.25) is 5.02 Å². The Balaban J connectivity index is 2.46. The van der Waals surface area contributed by atoms with Crippen molar-refractivity contribution in [1.29, 1.82) is 0 Å². The molecule has 1 heterocycles. The van der Waals surface area contributed by atoms with E-state index in [1.807, 2.05) is 0 Å². The molecule has 1 aliphatic rings. The lowest BCUT2D eigenvalue weighted by Gasteiger charge is -2.17. The number of carbonyl (C=O) groups is 2. The predicted octanol–water partition coefficient (Wildman–Crippen LogP) is 1.33. The minimum absolute atomic E-state index is 0.0511. The highest BCUT2D eigenvalue weighted by atomic mass is 35.5. The standard InChI is InChI=1S/C11H9ClN2O3/c12-6-2-1-3-7(4-6)14-9(15)5-8(10(14)13)11(16)17/h1-4H,5,13H2,(H,16,17). The number of hydrogen-bond donors (Lipinski definition) is 2. The fourth-order valence-electron chi connectivity index (χ4n) is 1.67. The van der Waals surface area contributed by atoms with Crippen LogP contribution in [0.3, 0.4) is 0 Å². The van der Waals surface area contributed by atoms with Crippen molar-refractivity contribution in [1.82, 2.24) is 0 Å². The molecule has 3 N–H and O–H groups in total. The molecule has 0 aliphatic carbocycles. The van der Waals surface area contributed by atoms with Crippen molar-refractivity contribution in [3.8, 4) is 0 Å². The minimum atomic E-state index is -1.18.